The van der Waals surface area contributed by atoms with E-state index in [1.165, 1.54) is 11.8 Å². The largest absolute Gasteiger partial charge is 0.336 e. The summed E-state index contributed by atoms with van der Waals surface area (Å²) in [5.74, 6) is 0.995. The molecule has 0 aliphatic carbocycles. The first kappa shape index (κ1) is 14.4. The van der Waals surface area contributed by atoms with Gasteiger partial charge in [0.2, 0.25) is 5.91 Å². The number of likely N-dealkylation sites (tertiary alicyclic amines) is 1. The number of pyridine rings is 1. The molecular weight excluding hydrogens is 286 g/mol. The molecule has 2 aliphatic rings. The molecule has 6 heteroatoms. The van der Waals surface area contributed by atoms with Crippen LogP contribution in [0.5, 0.6) is 0 Å². The molecule has 5 nitrogen and oxygen atoms in total. The van der Waals surface area contributed by atoms with Gasteiger partial charge in [-0.15, -0.1) is 0 Å². The van der Waals surface area contributed by atoms with Crippen molar-refractivity contribution in [2.24, 2.45) is 0 Å². The Morgan fingerprint density at radius 2 is 2.14 bits per heavy atom. The number of carbonyl (C=O) groups is 2. The van der Waals surface area contributed by atoms with Crippen LogP contribution in [0.2, 0.25) is 0 Å². The highest BCUT2D eigenvalue weighted by Gasteiger charge is 2.30. The molecule has 0 aromatic carbocycles. The number of amides is 2. The molecule has 0 saturated carbocycles. The summed E-state index contributed by atoms with van der Waals surface area (Å²) in [5, 5.41) is 0.106. The zero-order valence-electron chi connectivity index (χ0n) is 11.9. The van der Waals surface area contributed by atoms with E-state index in [-0.39, 0.29) is 17.2 Å². The third kappa shape index (κ3) is 3.20. The van der Waals surface area contributed by atoms with Crippen LogP contribution in [0.4, 0.5) is 4.79 Å². The van der Waals surface area contributed by atoms with Crippen LogP contribution in [0, 0.1) is 0 Å². The van der Waals surface area contributed by atoms with E-state index in [1.807, 2.05) is 17.0 Å². The lowest BCUT2D eigenvalue weighted by Gasteiger charge is -2.26. The Kier molecular flexibility index (Phi) is 4.43. The lowest BCUT2D eigenvalue weighted by molar-refractivity contribution is -0.132. The fraction of sp³-hybridized carbons (Fsp3) is 0.533. The first-order valence-electron chi connectivity index (χ1n) is 7.37. The number of carbonyl (C=O) groups excluding carboxylic acids is 2. The van der Waals surface area contributed by atoms with Gasteiger partial charge >= 0.3 is 0 Å². The summed E-state index contributed by atoms with van der Waals surface area (Å²) >= 11 is 1.34. The van der Waals surface area contributed by atoms with Crippen molar-refractivity contribution in [1.82, 2.24) is 14.8 Å². The third-order valence-corrected chi connectivity index (χ3v) is 5.00. The average molecular weight is 305 g/mol. The maximum absolute atomic E-state index is 12.5. The highest BCUT2D eigenvalue weighted by Crippen LogP contribution is 2.32. The van der Waals surface area contributed by atoms with Gasteiger partial charge in [0, 0.05) is 44.2 Å². The number of nitrogens with zero attached hydrogens (tertiary/aromatic N) is 3. The van der Waals surface area contributed by atoms with Crippen molar-refractivity contribution < 1.29 is 9.59 Å². The fourth-order valence-corrected chi connectivity index (χ4v) is 3.85. The van der Waals surface area contributed by atoms with Gasteiger partial charge in [-0.1, -0.05) is 11.8 Å². The summed E-state index contributed by atoms with van der Waals surface area (Å²) in [5.41, 5.74) is 1.16. The van der Waals surface area contributed by atoms with Crippen LogP contribution in [0.1, 0.15) is 30.9 Å². The molecule has 1 aromatic heterocycles. The van der Waals surface area contributed by atoms with Crippen LogP contribution in [-0.2, 0) is 4.79 Å². The van der Waals surface area contributed by atoms with Gasteiger partial charge in [0.25, 0.3) is 5.24 Å². The van der Waals surface area contributed by atoms with Gasteiger partial charge in [-0.25, -0.2) is 0 Å². The second kappa shape index (κ2) is 6.47. The predicted molar refractivity (Wildman–Crippen MR) is 82.0 cm³/mol. The first-order valence-corrected chi connectivity index (χ1v) is 8.35. The molecule has 2 saturated heterocycles. The minimum absolute atomic E-state index is 0.106. The number of hydrogen-bond acceptors (Lipinski definition) is 4. The van der Waals surface area contributed by atoms with E-state index in [2.05, 4.69) is 4.98 Å². The zero-order valence-corrected chi connectivity index (χ0v) is 12.7. The summed E-state index contributed by atoms with van der Waals surface area (Å²) < 4.78 is 0. The Hall–Kier alpha value is -1.56. The summed E-state index contributed by atoms with van der Waals surface area (Å²) in [7, 11) is 0. The van der Waals surface area contributed by atoms with Crippen molar-refractivity contribution in [2.45, 2.75) is 25.3 Å². The molecule has 0 bridgehead atoms. The molecule has 1 atom stereocenters. The number of hydrogen-bond donors (Lipinski definition) is 0. The van der Waals surface area contributed by atoms with Gasteiger partial charge in [-0.2, -0.15) is 0 Å². The first-order chi connectivity index (χ1) is 10.3. The van der Waals surface area contributed by atoms with E-state index in [1.54, 1.807) is 17.3 Å². The van der Waals surface area contributed by atoms with Crippen molar-refractivity contribution in [1.29, 1.82) is 0 Å². The van der Waals surface area contributed by atoms with Crippen molar-refractivity contribution in [3.8, 4) is 0 Å². The van der Waals surface area contributed by atoms with Crippen LogP contribution in [-0.4, -0.2) is 51.3 Å². The van der Waals surface area contributed by atoms with Crippen LogP contribution >= 0.6 is 11.8 Å². The van der Waals surface area contributed by atoms with Crippen LogP contribution in [0.25, 0.3) is 0 Å². The van der Waals surface area contributed by atoms with Gasteiger partial charge in [0.1, 0.15) is 0 Å². The second-order valence-electron chi connectivity index (χ2n) is 5.38. The molecule has 0 N–H and O–H groups in total. The van der Waals surface area contributed by atoms with Crippen molar-refractivity contribution >= 4 is 22.9 Å². The van der Waals surface area contributed by atoms with Crippen molar-refractivity contribution in [3.05, 3.63) is 30.1 Å². The molecular formula is C15H19N3O2S. The topological polar surface area (TPSA) is 53.5 Å². The molecule has 0 spiro atoms. The van der Waals surface area contributed by atoms with E-state index in [9.17, 15) is 9.59 Å². The SMILES string of the molecule is O=C1SCCN1CCC(=O)N1CCC[C@@H]1c1ccncc1. The highest BCUT2D eigenvalue weighted by molar-refractivity contribution is 8.13. The Bertz CT molecular complexity index is 523. The molecule has 21 heavy (non-hydrogen) atoms. The van der Waals surface area contributed by atoms with Gasteiger partial charge in [0.15, 0.2) is 0 Å². The number of aromatic nitrogens is 1. The lowest BCUT2D eigenvalue weighted by atomic mass is 10.1. The summed E-state index contributed by atoms with van der Waals surface area (Å²) in [6, 6.07) is 4.14. The third-order valence-electron chi connectivity index (χ3n) is 4.10. The van der Waals surface area contributed by atoms with E-state index < -0.39 is 0 Å². The zero-order chi connectivity index (χ0) is 14.7. The minimum Gasteiger partial charge on any atom is -0.336 e. The van der Waals surface area contributed by atoms with E-state index in [0.29, 0.717) is 13.0 Å². The number of thioether (sulfide) groups is 1. The molecule has 2 fully saturated rings. The predicted octanol–water partition coefficient (Wildman–Crippen LogP) is 2.30. The van der Waals surface area contributed by atoms with E-state index in [0.717, 1.165) is 37.2 Å². The molecule has 2 aliphatic heterocycles. The normalized spacial score (nSPS) is 22.1. The summed E-state index contributed by atoms with van der Waals surface area (Å²) in [6.07, 6.45) is 6.02. The van der Waals surface area contributed by atoms with Gasteiger partial charge < -0.3 is 9.80 Å². The number of rotatable bonds is 4. The highest BCUT2D eigenvalue weighted by atomic mass is 32.2. The van der Waals surface area contributed by atoms with Gasteiger partial charge in [0.05, 0.1) is 6.04 Å². The summed E-state index contributed by atoms with van der Waals surface area (Å²) in [4.78, 5) is 31.8. The molecule has 3 rings (SSSR count). The fourth-order valence-electron chi connectivity index (χ4n) is 3.00. The van der Waals surface area contributed by atoms with E-state index in [4.69, 9.17) is 0 Å². The Morgan fingerprint density at radius 1 is 1.33 bits per heavy atom. The Morgan fingerprint density at radius 3 is 2.86 bits per heavy atom. The lowest BCUT2D eigenvalue weighted by Crippen LogP contribution is -2.34. The van der Waals surface area contributed by atoms with Crippen LogP contribution in [0.3, 0.4) is 0 Å². The maximum Gasteiger partial charge on any atom is 0.281 e. The Labute approximate surface area is 128 Å². The quantitative estimate of drug-likeness (QED) is 0.856. The van der Waals surface area contributed by atoms with Crippen molar-refractivity contribution in [2.75, 3.05) is 25.4 Å². The standard InChI is InChI=1S/C15H19N3O2S/c19-14(5-9-17-10-11-21-15(17)20)18-8-1-2-13(18)12-3-6-16-7-4-12/h3-4,6-7,13H,1-2,5,8-11H2/t13-/m1/s1. The maximum atomic E-state index is 12.5. The average Bonchev–Trinajstić information content (AvgIpc) is 3.15. The second-order valence-corrected chi connectivity index (χ2v) is 6.42. The minimum atomic E-state index is 0.106. The molecule has 1 aromatic rings. The molecule has 112 valence electrons. The molecule has 0 radical (unpaired) electrons. The van der Waals surface area contributed by atoms with Crippen LogP contribution in [0.15, 0.2) is 24.5 Å². The molecule has 0 unspecified atom stereocenters. The monoisotopic (exact) mass is 305 g/mol. The van der Waals surface area contributed by atoms with Gasteiger partial charge in [-0.05, 0) is 30.5 Å². The summed E-state index contributed by atoms with van der Waals surface area (Å²) in [6.45, 7) is 2.13. The Balaban J connectivity index is 1.59. The van der Waals surface area contributed by atoms with Crippen LogP contribution < -0.4 is 0 Å². The van der Waals surface area contributed by atoms with Gasteiger partial charge in [-0.3, -0.25) is 14.6 Å². The van der Waals surface area contributed by atoms with E-state index >= 15 is 0 Å². The molecule has 3 heterocycles. The smallest absolute Gasteiger partial charge is 0.281 e. The molecule has 2 amide bonds. The van der Waals surface area contributed by atoms with Crippen molar-refractivity contribution in [3.63, 3.8) is 0 Å².